The molecule has 3 aromatic rings. The molecule has 0 fully saturated rings. The molecule has 0 spiro atoms. The first-order valence-corrected chi connectivity index (χ1v) is 7.18. The number of hydrogen-bond donors (Lipinski definition) is 1. The van der Waals surface area contributed by atoms with Gasteiger partial charge in [-0.05, 0) is 31.0 Å². The summed E-state index contributed by atoms with van der Waals surface area (Å²) in [5.74, 6) is 0. The molecule has 3 rings (SSSR count). The third kappa shape index (κ3) is 2.95. The Morgan fingerprint density at radius 2 is 1.90 bits per heavy atom. The molecule has 0 aliphatic carbocycles. The predicted molar refractivity (Wildman–Crippen MR) is 85.0 cm³/mol. The molecule has 1 aromatic carbocycles. The Hall–Kier alpha value is -2.20. The lowest BCUT2D eigenvalue weighted by Gasteiger charge is -2.06. The molecule has 108 valence electrons. The Morgan fingerprint density at radius 1 is 1.10 bits per heavy atom. The van der Waals surface area contributed by atoms with Crippen LogP contribution in [0.3, 0.4) is 0 Å². The molecule has 0 aliphatic heterocycles. The Balaban J connectivity index is 1.69. The van der Waals surface area contributed by atoms with Gasteiger partial charge in [0.05, 0.1) is 5.69 Å². The van der Waals surface area contributed by atoms with Crippen LogP contribution in [-0.4, -0.2) is 14.8 Å². The Labute approximate surface area is 124 Å². The second kappa shape index (κ2) is 5.66. The van der Waals surface area contributed by atoms with Crippen molar-refractivity contribution in [2.24, 2.45) is 7.05 Å². The van der Waals surface area contributed by atoms with E-state index in [2.05, 4.69) is 52.7 Å². The predicted octanol–water partition coefficient (Wildman–Crippen LogP) is 2.87. The number of nitrogens with one attached hydrogen (secondary N) is 1. The first-order chi connectivity index (χ1) is 10.1. The van der Waals surface area contributed by atoms with Crippen LogP contribution in [-0.2, 0) is 20.1 Å². The van der Waals surface area contributed by atoms with Crippen LogP contribution in [0.5, 0.6) is 0 Å². The molecule has 0 radical (unpaired) electrons. The molecule has 2 heterocycles. The first-order valence-electron chi connectivity index (χ1n) is 7.18. The van der Waals surface area contributed by atoms with Crippen molar-refractivity contribution in [3.05, 3.63) is 58.9 Å². The fraction of sp³-hybridized carbons (Fsp3) is 0.294. The van der Waals surface area contributed by atoms with Gasteiger partial charge in [-0.25, -0.2) is 4.98 Å². The van der Waals surface area contributed by atoms with Crippen molar-refractivity contribution in [2.75, 3.05) is 0 Å². The SMILES string of the molecule is Cc1cccc(CNCc2cnc3c(c2)c(C)nn3C)c1. The summed E-state index contributed by atoms with van der Waals surface area (Å²) in [5, 5.41) is 9.00. The van der Waals surface area contributed by atoms with E-state index in [9.17, 15) is 0 Å². The lowest BCUT2D eigenvalue weighted by Crippen LogP contribution is -2.12. The van der Waals surface area contributed by atoms with Gasteiger partial charge in [-0.15, -0.1) is 0 Å². The number of fused-ring (bicyclic) bond motifs is 1. The molecule has 1 N–H and O–H groups in total. The van der Waals surface area contributed by atoms with Crippen LogP contribution in [0.25, 0.3) is 11.0 Å². The maximum absolute atomic E-state index is 4.50. The standard InChI is InChI=1S/C17H20N4/c1-12-5-4-6-14(7-12)9-18-10-15-8-16-13(2)20-21(3)17(16)19-11-15/h4-8,11,18H,9-10H2,1-3H3. The van der Waals surface area contributed by atoms with Crippen LogP contribution in [0.4, 0.5) is 0 Å². The van der Waals surface area contributed by atoms with E-state index in [-0.39, 0.29) is 0 Å². The maximum Gasteiger partial charge on any atom is 0.157 e. The van der Waals surface area contributed by atoms with E-state index in [1.54, 1.807) is 0 Å². The maximum atomic E-state index is 4.50. The van der Waals surface area contributed by atoms with Gasteiger partial charge in [0.2, 0.25) is 0 Å². The van der Waals surface area contributed by atoms with E-state index in [0.717, 1.165) is 29.8 Å². The van der Waals surface area contributed by atoms with E-state index in [1.807, 2.05) is 24.9 Å². The smallest absolute Gasteiger partial charge is 0.157 e. The second-order valence-corrected chi connectivity index (χ2v) is 5.52. The average molecular weight is 280 g/mol. The summed E-state index contributed by atoms with van der Waals surface area (Å²) in [6.07, 6.45) is 1.92. The Kier molecular flexibility index (Phi) is 3.71. The van der Waals surface area contributed by atoms with Crippen molar-refractivity contribution < 1.29 is 0 Å². The summed E-state index contributed by atoms with van der Waals surface area (Å²) in [5.41, 5.74) is 5.76. The number of benzene rings is 1. The number of aryl methyl sites for hydroxylation is 3. The van der Waals surface area contributed by atoms with E-state index in [4.69, 9.17) is 0 Å². The zero-order chi connectivity index (χ0) is 14.8. The fourth-order valence-electron chi connectivity index (χ4n) is 2.62. The highest BCUT2D eigenvalue weighted by molar-refractivity contribution is 5.78. The van der Waals surface area contributed by atoms with Gasteiger partial charge in [0.1, 0.15) is 0 Å². The highest BCUT2D eigenvalue weighted by Gasteiger charge is 2.06. The van der Waals surface area contributed by atoms with Crippen LogP contribution < -0.4 is 5.32 Å². The molecule has 0 bridgehead atoms. The van der Waals surface area contributed by atoms with Crippen LogP contribution >= 0.6 is 0 Å². The van der Waals surface area contributed by atoms with Crippen LogP contribution in [0.1, 0.15) is 22.4 Å². The molecule has 4 nitrogen and oxygen atoms in total. The number of pyridine rings is 1. The molecule has 4 heteroatoms. The minimum atomic E-state index is 0.811. The zero-order valence-electron chi connectivity index (χ0n) is 12.7. The number of hydrogen-bond acceptors (Lipinski definition) is 3. The molecule has 0 saturated heterocycles. The van der Waals surface area contributed by atoms with Crippen LogP contribution in [0.15, 0.2) is 36.5 Å². The van der Waals surface area contributed by atoms with Gasteiger partial charge in [-0.3, -0.25) is 4.68 Å². The largest absolute Gasteiger partial charge is 0.309 e. The lowest BCUT2D eigenvalue weighted by molar-refractivity contribution is 0.691. The fourth-order valence-corrected chi connectivity index (χ4v) is 2.62. The molecular weight excluding hydrogens is 260 g/mol. The van der Waals surface area contributed by atoms with Crippen LogP contribution in [0.2, 0.25) is 0 Å². The third-order valence-corrected chi connectivity index (χ3v) is 3.66. The number of rotatable bonds is 4. The van der Waals surface area contributed by atoms with Gasteiger partial charge in [0, 0.05) is 31.7 Å². The molecule has 21 heavy (non-hydrogen) atoms. The first kappa shape index (κ1) is 13.8. The third-order valence-electron chi connectivity index (χ3n) is 3.66. The second-order valence-electron chi connectivity index (χ2n) is 5.52. The van der Waals surface area contributed by atoms with Crippen molar-refractivity contribution in [1.82, 2.24) is 20.1 Å². The monoisotopic (exact) mass is 280 g/mol. The quantitative estimate of drug-likeness (QED) is 0.799. The summed E-state index contributed by atoms with van der Waals surface area (Å²) in [6, 6.07) is 10.7. The highest BCUT2D eigenvalue weighted by atomic mass is 15.3. The van der Waals surface area contributed by atoms with Crippen molar-refractivity contribution >= 4 is 11.0 Å². The van der Waals surface area contributed by atoms with E-state index in [1.165, 1.54) is 16.7 Å². The minimum absolute atomic E-state index is 0.811. The van der Waals surface area contributed by atoms with Gasteiger partial charge in [0.15, 0.2) is 5.65 Å². The Morgan fingerprint density at radius 3 is 2.71 bits per heavy atom. The summed E-state index contributed by atoms with van der Waals surface area (Å²) < 4.78 is 1.83. The van der Waals surface area contributed by atoms with Crippen molar-refractivity contribution in [3.63, 3.8) is 0 Å². The van der Waals surface area contributed by atoms with Gasteiger partial charge in [0.25, 0.3) is 0 Å². The summed E-state index contributed by atoms with van der Waals surface area (Å²) >= 11 is 0. The van der Waals surface area contributed by atoms with Crippen molar-refractivity contribution in [2.45, 2.75) is 26.9 Å². The molecular formula is C17H20N4. The minimum Gasteiger partial charge on any atom is -0.309 e. The molecule has 0 unspecified atom stereocenters. The van der Waals surface area contributed by atoms with Gasteiger partial charge in [-0.1, -0.05) is 29.8 Å². The van der Waals surface area contributed by atoms with E-state index < -0.39 is 0 Å². The van der Waals surface area contributed by atoms with Gasteiger partial charge in [-0.2, -0.15) is 5.10 Å². The van der Waals surface area contributed by atoms with E-state index in [0.29, 0.717) is 0 Å². The summed E-state index contributed by atoms with van der Waals surface area (Å²) in [6.45, 7) is 5.82. The van der Waals surface area contributed by atoms with E-state index >= 15 is 0 Å². The summed E-state index contributed by atoms with van der Waals surface area (Å²) in [4.78, 5) is 4.50. The lowest BCUT2D eigenvalue weighted by atomic mass is 10.1. The average Bonchev–Trinajstić information content (AvgIpc) is 2.74. The topological polar surface area (TPSA) is 42.7 Å². The molecule has 0 amide bonds. The molecule has 2 aromatic heterocycles. The normalized spacial score (nSPS) is 11.2. The molecule has 0 atom stereocenters. The van der Waals surface area contributed by atoms with Crippen molar-refractivity contribution in [3.8, 4) is 0 Å². The number of nitrogens with zero attached hydrogens (tertiary/aromatic N) is 3. The Bertz CT molecular complexity index is 774. The van der Waals surface area contributed by atoms with Crippen molar-refractivity contribution in [1.29, 1.82) is 0 Å². The zero-order valence-corrected chi connectivity index (χ0v) is 12.7. The molecule has 0 saturated carbocycles. The van der Waals surface area contributed by atoms with Gasteiger partial charge >= 0.3 is 0 Å². The highest BCUT2D eigenvalue weighted by Crippen LogP contribution is 2.16. The number of aromatic nitrogens is 3. The van der Waals surface area contributed by atoms with Crippen LogP contribution in [0, 0.1) is 13.8 Å². The molecule has 0 aliphatic rings. The van der Waals surface area contributed by atoms with Gasteiger partial charge < -0.3 is 5.32 Å². The summed E-state index contributed by atoms with van der Waals surface area (Å²) in [7, 11) is 1.93.